The number of hydrogen-bond donors (Lipinski definition) is 1. The summed E-state index contributed by atoms with van der Waals surface area (Å²) in [6.07, 6.45) is 4.80. The molecule has 4 heteroatoms. The predicted molar refractivity (Wildman–Crippen MR) is 88.5 cm³/mol. The lowest BCUT2D eigenvalue weighted by Crippen LogP contribution is -2.30. The topological polar surface area (TPSA) is 29.1 Å². The summed E-state index contributed by atoms with van der Waals surface area (Å²) in [5.41, 5.74) is 0. The maximum absolute atomic E-state index is 11.8. The van der Waals surface area contributed by atoms with Gasteiger partial charge < -0.3 is 5.32 Å². The molecule has 1 aromatic carbocycles. The molecule has 0 aliphatic rings. The zero-order valence-electron chi connectivity index (χ0n) is 12.3. The van der Waals surface area contributed by atoms with Gasteiger partial charge in [0.25, 0.3) is 0 Å². The first-order chi connectivity index (χ1) is 9.65. The monoisotopic (exact) mass is 313 g/mol. The molecule has 0 aliphatic carbocycles. The molecular formula is C16H24ClNOS. The third kappa shape index (κ3) is 7.20. The molecule has 1 N–H and O–H groups in total. The van der Waals surface area contributed by atoms with Crippen molar-refractivity contribution in [3.63, 3.8) is 0 Å². The zero-order valence-corrected chi connectivity index (χ0v) is 13.9. The van der Waals surface area contributed by atoms with E-state index in [9.17, 15) is 4.79 Å². The minimum Gasteiger partial charge on any atom is -0.355 e. The molecule has 1 rings (SSSR count). The van der Waals surface area contributed by atoms with Gasteiger partial charge >= 0.3 is 0 Å². The molecule has 0 unspecified atom stereocenters. The van der Waals surface area contributed by atoms with Crippen molar-refractivity contribution < 1.29 is 4.79 Å². The van der Waals surface area contributed by atoms with E-state index in [-0.39, 0.29) is 5.91 Å². The van der Waals surface area contributed by atoms with Crippen LogP contribution in [0.25, 0.3) is 0 Å². The summed E-state index contributed by atoms with van der Waals surface area (Å²) in [5, 5.41) is 3.76. The van der Waals surface area contributed by atoms with Crippen molar-refractivity contribution in [2.45, 2.75) is 44.4 Å². The Balaban J connectivity index is 2.24. The molecule has 2 nitrogen and oxygen atoms in total. The van der Waals surface area contributed by atoms with Crippen LogP contribution in [0, 0.1) is 5.92 Å². The van der Waals surface area contributed by atoms with Crippen LogP contribution in [0.15, 0.2) is 29.2 Å². The van der Waals surface area contributed by atoms with Crippen molar-refractivity contribution in [1.82, 2.24) is 5.32 Å². The van der Waals surface area contributed by atoms with Crippen molar-refractivity contribution in [3.8, 4) is 0 Å². The molecule has 0 aromatic heterocycles. The number of halogens is 1. The molecule has 20 heavy (non-hydrogen) atoms. The van der Waals surface area contributed by atoms with Gasteiger partial charge in [0.2, 0.25) is 5.91 Å². The second-order valence-corrected chi connectivity index (χ2v) is 6.45. The lowest BCUT2D eigenvalue weighted by molar-refractivity contribution is -0.118. The second kappa shape index (κ2) is 10.1. The van der Waals surface area contributed by atoms with E-state index in [0.29, 0.717) is 11.7 Å². The lowest BCUT2D eigenvalue weighted by atomic mass is 9.99. The summed E-state index contributed by atoms with van der Waals surface area (Å²) in [7, 11) is 0. The summed E-state index contributed by atoms with van der Waals surface area (Å²) in [6, 6.07) is 7.58. The quantitative estimate of drug-likeness (QED) is 0.666. The van der Waals surface area contributed by atoms with Gasteiger partial charge in [-0.15, -0.1) is 11.8 Å². The maximum atomic E-state index is 11.8. The summed E-state index contributed by atoms with van der Waals surface area (Å²) in [6.45, 7) is 5.19. The van der Waals surface area contributed by atoms with Crippen LogP contribution in [0.3, 0.4) is 0 Å². The molecule has 0 saturated heterocycles. The van der Waals surface area contributed by atoms with E-state index >= 15 is 0 Å². The third-order valence-electron chi connectivity index (χ3n) is 3.31. The second-order valence-electron chi connectivity index (χ2n) is 4.96. The standard InChI is InChI=1S/C16H24ClNOS/c1-3-5-6-13(4-2)11-18-16(19)12-20-15-9-7-14(17)8-10-15/h7-10,13H,3-6,11-12H2,1-2H3,(H,18,19)/t13-/m0/s1. The molecule has 1 amide bonds. The summed E-state index contributed by atoms with van der Waals surface area (Å²) >= 11 is 7.37. The van der Waals surface area contributed by atoms with Crippen molar-refractivity contribution in [2.24, 2.45) is 5.92 Å². The van der Waals surface area contributed by atoms with Crippen molar-refractivity contribution in [2.75, 3.05) is 12.3 Å². The molecular weight excluding hydrogens is 290 g/mol. The minimum atomic E-state index is 0.111. The van der Waals surface area contributed by atoms with E-state index in [4.69, 9.17) is 11.6 Å². The average Bonchev–Trinajstić information content (AvgIpc) is 2.47. The number of hydrogen-bond acceptors (Lipinski definition) is 2. The van der Waals surface area contributed by atoms with Gasteiger partial charge in [-0.25, -0.2) is 0 Å². The molecule has 112 valence electrons. The van der Waals surface area contributed by atoms with Crippen LogP contribution in [0.4, 0.5) is 0 Å². The Morgan fingerprint density at radius 2 is 2.00 bits per heavy atom. The van der Waals surface area contributed by atoms with Gasteiger partial charge in [-0.05, 0) is 36.6 Å². The van der Waals surface area contributed by atoms with Crippen LogP contribution in [0.2, 0.25) is 5.02 Å². The van der Waals surface area contributed by atoms with Crippen LogP contribution in [0.1, 0.15) is 39.5 Å². The number of unbranched alkanes of at least 4 members (excludes halogenated alkanes) is 1. The largest absolute Gasteiger partial charge is 0.355 e. The van der Waals surface area contributed by atoms with E-state index < -0.39 is 0 Å². The van der Waals surface area contributed by atoms with Crippen molar-refractivity contribution in [1.29, 1.82) is 0 Å². The van der Waals surface area contributed by atoms with Gasteiger partial charge in [0.1, 0.15) is 0 Å². The molecule has 0 saturated carbocycles. The molecule has 0 radical (unpaired) electrons. The fraction of sp³-hybridized carbons (Fsp3) is 0.562. The first-order valence-corrected chi connectivity index (χ1v) is 8.67. The highest BCUT2D eigenvalue weighted by Gasteiger charge is 2.08. The zero-order chi connectivity index (χ0) is 14.8. The first-order valence-electron chi connectivity index (χ1n) is 7.30. The van der Waals surface area contributed by atoms with Crippen LogP contribution in [0.5, 0.6) is 0 Å². The smallest absolute Gasteiger partial charge is 0.230 e. The Bertz CT molecular complexity index is 394. The van der Waals surface area contributed by atoms with Gasteiger partial charge in [-0.3, -0.25) is 4.79 Å². The minimum absolute atomic E-state index is 0.111. The van der Waals surface area contributed by atoms with Gasteiger partial charge in [0.05, 0.1) is 5.75 Å². The first kappa shape index (κ1) is 17.4. The van der Waals surface area contributed by atoms with Gasteiger partial charge in [0.15, 0.2) is 0 Å². The van der Waals surface area contributed by atoms with Gasteiger partial charge in [-0.1, -0.05) is 44.7 Å². The number of thioether (sulfide) groups is 1. The predicted octanol–water partition coefficient (Wildman–Crippen LogP) is 4.76. The number of amides is 1. The van der Waals surface area contributed by atoms with Crippen molar-refractivity contribution >= 4 is 29.3 Å². The Labute approximate surface area is 131 Å². The van der Waals surface area contributed by atoms with Crippen molar-refractivity contribution in [3.05, 3.63) is 29.3 Å². The Kier molecular flexibility index (Phi) is 8.79. The normalized spacial score (nSPS) is 12.2. The Morgan fingerprint density at radius 1 is 1.30 bits per heavy atom. The summed E-state index contributed by atoms with van der Waals surface area (Å²) < 4.78 is 0. The Hall–Kier alpha value is -0.670. The highest BCUT2D eigenvalue weighted by atomic mass is 35.5. The highest BCUT2D eigenvalue weighted by Crippen LogP contribution is 2.20. The number of carbonyl (C=O) groups excluding carboxylic acids is 1. The lowest BCUT2D eigenvalue weighted by Gasteiger charge is -2.15. The van der Waals surface area contributed by atoms with E-state index in [2.05, 4.69) is 19.2 Å². The van der Waals surface area contributed by atoms with E-state index in [1.54, 1.807) is 11.8 Å². The van der Waals surface area contributed by atoms with Crippen LogP contribution < -0.4 is 5.32 Å². The van der Waals surface area contributed by atoms with Gasteiger partial charge in [-0.2, -0.15) is 0 Å². The fourth-order valence-corrected chi connectivity index (χ4v) is 2.79. The fourth-order valence-electron chi connectivity index (χ4n) is 1.93. The van der Waals surface area contributed by atoms with E-state index in [1.807, 2.05) is 24.3 Å². The highest BCUT2D eigenvalue weighted by molar-refractivity contribution is 8.00. The molecule has 0 spiro atoms. The maximum Gasteiger partial charge on any atom is 0.230 e. The average molecular weight is 314 g/mol. The van der Waals surface area contributed by atoms with Crippen LogP contribution in [-0.2, 0) is 4.79 Å². The molecule has 1 atom stereocenters. The SMILES string of the molecule is CCCC[C@H](CC)CNC(=O)CSc1ccc(Cl)cc1. The number of nitrogens with one attached hydrogen (secondary N) is 1. The number of rotatable bonds is 9. The molecule has 1 aromatic rings. The van der Waals surface area contributed by atoms with Crippen LogP contribution in [-0.4, -0.2) is 18.2 Å². The number of carbonyl (C=O) groups is 1. The molecule has 0 aliphatic heterocycles. The molecule has 0 bridgehead atoms. The summed E-state index contributed by atoms with van der Waals surface area (Å²) in [5.74, 6) is 1.19. The van der Waals surface area contributed by atoms with Crippen LogP contribution >= 0.6 is 23.4 Å². The van der Waals surface area contributed by atoms with Gasteiger partial charge in [0, 0.05) is 16.5 Å². The molecule has 0 heterocycles. The van der Waals surface area contributed by atoms with E-state index in [1.165, 1.54) is 19.3 Å². The van der Waals surface area contributed by atoms with E-state index in [0.717, 1.165) is 22.9 Å². The summed E-state index contributed by atoms with van der Waals surface area (Å²) in [4.78, 5) is 12.9. The third-order valence-corrected chi connectivity index (χ3v) is 4.58. The number of benzene rings is 1. The Morgan fingerprint density at radius 3 is 2.60 bits per heavy atom. The molecule has 0 fully saturated rings.